The molecule has 0 spiro atoms. The van der Waals surface area contributed by atoms with Crippen molar-refractivity contribution in [3.63, 3.8) is 0 Å². The molecule has 184 valence electrons. The Balaban J connectivity index is 1.52. The van der Waals surface area contributed by atoms with E-state index in [4.69, 9.17) is 0 Å². The highest BCUT2D eigenvalue weighted by molar-refractivity contribution is 5.89. The summed E-state index contributed by atoms with van der Waals surface area (Å²) in [5.41, 5.74) is -1.32. The molecule has 4 fully saturated rings. The predicted molar refractivity (Wildman–Crippen MR) is 130 cm³/mol. The van der Waals surface area contributed by atoms with Crippen molar-refractivity contribution in [2.45, 2.75) is 124 Å². The minimum Gasteiger partial charge on any atom is -0.393 e. The van der Waals surface area contributed by atoms with E-state index in [9.17, 15) is 15.0 Å². The summed E-state index contributed by atoms with van der Waals surface area (Å²) >= 11 is 0. The average Bonchev–Trinajstić information content (AvgIpc) is 3.08. The summed E-state index contributed by atoms with van der Waals surface area (Å²) in [6, 6.07) is 0. The van der Waals surface area contributed by atoms with Crippen molar-refractivity contribution in [1.82, 2.24) is 0 Å². The number of fused-ring (bicyclic) bond motifs is 5. The van der Waals surface area contributed by atoms with Crippen molar-refractivity contribution in [3.05, 3.63) is 0 Å². The zero-order chi connectivity index (χ0) is 23.5. The fourth-order valence-corrected chi connectivity index (χ4v) is 9.68. The number of hydrogen-bond acceptors (Lipinski definition) is 3. The quantitative estimate of drug-likeness (QED) is 0.496. The normalized spacial score (nSPS) is 48.2. The van der Waals surface area contributed by atoms with Gasteiger partial charge in [-0.25, -0.2) is 0 Å². The summed E-state index contributed by atoms with van der Waals surface area (Å²) < 4.78 is 0. The van der Waals surface area contributed by atoms with Crippen molar-refractivity contribution in [2.24, 2.45) is 52.3 Å². The van der Waals surface area contributed by atoms with E-state index < -0.39 is 11.7 Å². The molecule has 0 amide bonds. The molecule has 3 nitrogen and oxygen atoms in total. The number of carbonyl (C=O) groups is 1. The molecule has 10 atom stereocenters. The number of aliphatic hydroxyl groups is 2. The van der Waals surface area contributed by atoms with Gasteiger partial charge in [0.15, 0.2) is 5.78 Å². The maximum absolute atomic E-state index is 13.4. The van der Waals surface area contributed by atoms with Gasteiger partial charge in [0, 0.05) is 18.3 Å². The van der Waals surface area contributed by atoms with E-state index in [1.807, 2.05) is 0 Å². The standard InChI is InChI=1S/C29H50O3/c1-7-20(18(2)3)9-8-19(4)23-10-11-24-22-16-26(31)29(32)17-21(30)12-15-28(29,6)25(22)13-14-27(23,24)5/h18-25,30,32H,7-17H2,1-6H3/t19-,20-,21-,22+,23-,24+,25+,27-,28-,29+/m1/s1. The van der Waals surface area contributed by atoms with Crippen LogP contribution in [0.1, 0.15) is 112 Å². The van der Waals surface area contributed by atoms with Crippen molar-refractivity contribution in [1.29, 1.82) is 0 Å². The van der Waals surface area contributed by atoms with Gasteiger partial charge in [0.1, 0.15) is 5.60 Å². The maximum atomic E-state index is 13.4. The second-order valence-corrected chi connectivity index (χ2v) is 13.4. The number of ketones is 1. The van der Waals surface area contributed by atoms with Crippen LogP contribution in [0.5, 0.6) is 0 Å². The summed E-state index contributed by atoms with van der Waals surface area (Å²) in [7, 11) is 0. The van der Waals surface area contributed by atoms with E-state index in [1.165, 1.54) is 38.5 Å². The molecule has 4 aliphatic rings. The highest BCUT2D eigenvalue weighted by Crippen LogP contribution is 2.68. The first-order chi connectivity index (χ1) is 15.0. The molecule has 4 aliphatic carbocycles. The summed E-state index contributed by atoms with van der Waals surface area (Å²) in [5.74, 6) is 4.65. The third-order valence-electron chi connectivity index (χ3n) is 11.8. The summed E-state index contributed by atoms with van der Waals surface area (Å²) in [5, 5.41) is 21.8. The van der Waals surface area contributed by atoms with Crippen LogP contribution in [0.3, 0.4) is 0 Å². The van der Waals surface area contributed by atoms with Gasteiger partial charge in [0.25, 0.3) is 0 Å². The van der Waals surface area contributed by atoms with Crippen LogP contribution in [0.4, 0.5) is 0 Å². The Hall–Kier alpha value is -0.410. The predicted octanol–water partition coefficient (Wildman–Crippen LogP) is 6.40. The summed E-state index contributed by atoms with van der Waals surface area (Å²) in [6.45, 7) is 14.3. The van der Waals surface area contributed by atoms with E-state index in [0.29, 0.717) is 29.6 Å². The Morgan fingerprint density at radius 1 is 1.00 bits per heavy atom. The van der Waals surface area contributed by atoms with E-state index >= 15 is 0 Å². The van der Waals surface area contributed by atoms with Crippen LogP contribution < -0.4 is 0 Å². The topological polar surface area (TPSA) is 57.5 Å². The lowest BCUT2D eigenvalue weighted by Gasteiger charge is -2.63. The Kier molecular flexibility index (Phi) is 6.69. The molecule has 0 aliphatic heterocycles. The Morgan fingerprint density at radius 2 is 1.72 bits per heavy atom. The molecule has 3 heteroatoms. The minimum atomic E-state index is -1.31. The van der Waals surface area contributed by atoms with Crippen molar-refractivity contribution in [3.8, 4) is 0 Å². The molecule has 0 radical (unpaired) electrons. The van der Waals surface area contributed by atoms with Crippen LogP contribution in [0.25, 0.3) is 0 Å². The molecule has 0 aromatic carbocycles. The summed E-state index contributed by atoms with van der Waals surface area (Å²) in [6.07, 6.45) is 10.7. The lowest BCUT2D eigenvalue weighted by Crippen LogP contribution is -2.67. The van der Waals surface area contributed by atoms with Crippen LogP contribution in [0.2, 0.25) is 0 Å². The minimum absolute atomic E-state index is 0.0310. The fourth-order valence-electron chi connectivity index (χ4n) is 9.68. The smallest absolute Gasteiger partial charge is 0.165 e. The van der Waals surface area contributed by atoms with Gasteiger partial charge < -0.3 is 10.2 Å². The number of aliphatic hydroxyl groups excluding tert-OH is 1. The molecule has 0 aromatic rings. The monoisotopic (exact) mass is 446 g/mol. The van der Waals surface area contributed by atoms with Crippen LogP contribution in [0, 0.1) is 52.3 Å². The lowest BCUT2D eigenvalue weighted by atomic mass is 9.42. The molecule has 0 saturated heterocycles. The van der Waals surface area contributed by atoms with Gasteiger partial charge in [-0.05, 0) is 91.8 Å². The zero-order valence-corrected chi connectivity index (χ0v) is 21.7. The van der Waals surface area contributed by atoms with Gasteiger partial charge in [-0.15, -0.1) is 0 Å². The molecule has 0 bridgehead atoms. The van der Waals surface area contributed by atoms with E-state index in [1.54, 1.807) is 0 Å². The Morgan fingerprint density at radius 3 is 2.38 bits per heavy atom. The third kappa shape index (κ3) is 3.63. The molecule has 4 saturated carbocycles. The molecular weight excluding hydrogens is 396 g/mol. The second-order valence-electron chi connectivity index (χ2n) is 13.4. The molecule has 0 aromatic heterocycles. The maximum Gasteiger partial charge on any atom is 0.165 e. The van der Waals surface area contributed by atoms with Gasteiger partial charge >= 0.3 is 0 Å². The third-order valence-corrected chi connectivity index (χ3v) is 11.8. The SMILES string of the molecule is CC[C@H](CC[C@@H](C)[C@H]1CC[C@H]2[C@@H]3CC(=O)[C@@]4(O)C[C@H](O)CC[C@]4(C)[C@H]3CC[C@]12C)C(C)C. The highest BCUT2D eigenvalue weighted by Gasteiger charge is 2.67. The van der Waals surface area contributed by atoms with Crippen LogP contribution in [-0.4, -0.2) is 27.7 Å². The number of hydrogen-bond donors (Lipinski definition) is 2. The van der Waals surface area contributed by atoms with Crippen molar-refractivity contribution < 1.29 is 15.0 Å². The van der Waals surface area contributed by atoms with E-state index in [2.05, 4.69) is 41.5 Å². The molecule has 4 rings (SSSR count). The Labute approximate surface area is 197 Å². The number of rotatable bonds is 6. The van der Waals surface area contributed by atoms with E-state index in [0.717, 1.165) is 42.9 Å². The molecule has 2 N–H and O–H groups in total. The molecule has 0 unspecified atom stereocenters. The molecular formula is C29H50O3. The average molecular weight is 447 g/mol. The first kappa shape index (κ1) is 24.7. The first-order valence-corrected chi connectivity index (χ1v) is 13.9. The second kappa shape index (κ2) is 8.67. The van der Waals surface area contributed by atoms with Gasteiger partial charge in [-0.3, -0.25) is 4.79 Å². The molecule has 32 heavy (non-hydrogen) atoms. The Bertz CT molecular complexity index is 703. The highest BCUT2D eigenvalue weighted by atomic mass is 16.3. The number of carbonyl (C=O) groups excluding carboxylic acids is 1. The van der Waals surface area contributed by atoms with Gasteiger partial charge in [0.2, 0.25) is 0 Å². The fraction of sp³-hybridized carbons (Fsp3) is 0.966. The largest absolute Gasteiger partial charge is 0.393 e. The lowest BCUT2D eigenvalue weighted by molar-refractivity contribution is -0.213. The van der Waals surface area contributed by atoms with Gasteiger partial charge in [0.05, 0.1) is 6.10 Å². The number of Topliss-reactive ketones (excluding diaryl/α,β-unsaturated/α-hetero) is 1. The first-order valence-electron chi connectivity index (χ1n) is 13.9. The van der Waals surface area contributed by atoms with Gasteiger partial charge in [-0.1, -0.05) is 54.4 Å². The molecule has 0 heterocycles. The zero-order valence-electron chi connectivity index (χ0n) is 21.7. The van der Waals surface area contributed by atoms with Crippen molar-refractivity contribution >= 4 is 5.78 Å². The van der Waals surface area contributed by atoms with E-state index in [-0.39, 0.29) is 17.6 Å². The summed E-state index contributed by atoms with van der Waals surface area (Å²) in [4.78, 5) is 13.4. The van der Waals surface area contributed by atoms with Gasteiger partial charge in [-0.2, -0.15) is 0 Å². The van der Waals surface area contributed by atoms with Crippen LogP contribution in [0.15, 0.2) is 0 Å². The van der Waals surface area contributed by atoms with Crippen LogP contribution in [-0.2, 0) is 4.79 Å². The van der Waals surface area contributed by atoms with Crippen LogP contribution >= 0.6 is 0 Å². The van der Waals surface area contributed by atoms with Crippen molar-refractivity contribution in [2.75, 3.05) is 0 Å².